The predicted molar refractivity (Wildman–Crippen MR) is 98.1 cm³/mol. The first kappa shape index (κ1) is 17.8. The van der Waals surface area contributed by atoms with Crippen LogP contribution < -0.4 is 10.2 Å². The van der Waals surface area contributed by atoms with Crippen LogP contribution in [-0.4, -0.2) is 42.5 Å². The Hall–Kier alpha value is -1.55. The Morgan fingerprint density at radius 2 is 2.00 bits per heavy atom. The summed E-state index contributed by atoms with van der Waals surface area (Å²) >= 11 is 0. The lowest BCUT2D eigenvalue weighted by Gasteiger charge is -2.32. The van der Waals surface area contributed by atoms with E-state index >= 15 is 0 Å². The van der Waals surface area contributed by atoms with Crippen molar-refractivity contribution in [3.63, 3.8) is 0 Å². The Bertz CT molecular complexity index is 498. The van der Waals surface area contributed by atoms with E-state index in [0.717, 1.165) is 18.8 Å². The predicted octanol–water partition coefficient (Wildman–Crippen LogP) is 3.73. The van der Waals surface area contributed by atoms with E-state index in [1.165, 1.54) is 24.9 Å². The van der Waals surface area contributed by atoms with Crippen molar-refractivity contribution in [1.82, 2.24) is 4.90 Å². The molecule has 1 aromatic rings. The molecule has 1 aliphatic heterocycles. The summed E-state index contributed by atoms with van der Waals surface area (Å²) in [6.07, 6.45) is 3.68. The first-order valence-corrected chi connectivity index (χ1v) is 8.92. The number of carbonyl (C=O) groups excluding carboxylic acids is 1. The lowest BCUT2D eigenvalue weighted by Crippen LogP contribution is -2.42. The molecule has 0 aromatic heterocycles. The van der Waals surface area contributed by atoms with Gasteiger partial charge in [0.15, 0.2) is 0 Å². The number of likely N-dealkylation sites (tertiary alicyclic amines) is 1. The van der Waals surface area contributed by atoms with Crippen molar-refractivity contribution >= 4 is 17.3 Å². The Labute approximate surface area is 140 Å². The Balaban J connectivity index is 1.91. The number of rotatable bonds is 6. The van der Waals surface area contributed by atoms with Crippen molar-refractivity contribution in [3.05, 3.63) is 24.3 Å². The van der Waals surface area contributed by atoms with Crippen molar-refractivity contribution in [2.24, 2.45) is 0 Å². The number of piperidine rings is 1. The second-order valence-corrected chi connectivity index (χ2v) is 6.79. The molecule has 0 saturated carbocycles. The van der Waals surface area contributed by atoms with Crippen molar-refractivity contribution < 1.29 is 4.79 Å². The average molecular weight is 317 g/mol. The van der Waals surface area contributed by atoms with Crippen LogP contribution in [0.5, 0.6) is 0 Å². The van der Waals surface area contributed by atoms with Crippen LogP contribution in [0, 0.1) is 0 Å². The standard InChI is InChI=1S/C19H31N3O/c1-5-22(15(2)3)18-11-9-17(10-12-18)20-19(23)14-21-13-7-6-8-16(21)4/h9-12,15-16H,5-8,13-14H2,1-4H3,(H,20,23). The third kappa shape index (κ3) is 4.96. The highest BCUT2D eigenvalue weighted by Gasteiger charge is 2.20. The molecule has 1 unspecified atom stereocenters. The molecule has 1 amide bonds. The fraction of sp³-hybridized carbons (Fsp3) is 0.632. The van der Waals surface area contributed by atoms with Crippen LogP contribution in [0.4, 0.5) is 11.4 Å². The van der Waals surface area contributed by atoms with E-state index < -0.39 is 0 Å². The highest BCUT2D eigenvalue weighted by molar-refractivity contribution is 5.92. The van der Waals surface area contributed by atoms with Gasteiger partial charge in [-0.2, -0.15) is 0 Å². The van der Waals surface area contributed by atoms with Crippen molar-refractivity contribution in [2.75, 3.05) is 29.9 Å². The van der Waals surface area contributed by atoms with Gasteiger partial charge in [0.1, 0.15) is 0 Å². The molecule has 4 heteroatoms. The molecule has 23 heavy (non-hydrogen) atoms. The molecule has 1 aromatic carbocycles. The molecular formula is C19H31N3O. The second kappa shape index (κ2) is 8.34. The van der Waals surface area contributed by atoms with E-state index in [-0.39, 0.29) is 5.91 Å². The molecule has 4 nitrogen and oxygen atoms in total. The van der Waals surface area contributed by atoms with Gasteiger partial charge in [-0.05, 0) is 71.3 Å². The maximum atomic E-state index is 12.2. The Kier molecular flexibility index (Phi) is 6.46. The molecule has 128 valence electrons. The smallest absolute Gasteiger partial charge is 0.238 e. The minimum absolute atomic E-state index is 0.0858. The zero-order chi connectivity index (χ0) is 16.8. The number of hydrogen-bond donors (Lipinski definition) is 1. The number of nitrogens with zero attached hydrogens (tertiary/aromatic N) is 2. The second-order valence-electron chi connectivity index (χ2n) is 6.79. The maximum Gasteiger partial charge on any atom is 0.238 e. The summed E-state index contributed by atoms with van der Waals surface area (Å²) in [7, 11) is 0. The zero-order valence-electron chi connectivity index (χ0n) is 15.0. The van der Waals surface area contributed by atoms with Crippen LogP contribution in [0.25, 0.3) is 0 Å². The van der Waals surface area contributed by atoms with E-state index in [2.05, 4.69) is 54.9 Å². The van der Waals surface area contributed by atoms with Gasteiger partial charge in [0, 0.05) is 30.0 Å². The molecule has 1 fully saturated rings. The fourth-order valence-electron chi connectivity index (χ4n) is 3.36. The summed E-state index contributed by atoms with van der Waals surface area (Å²) in [6, 6.07) is 9.16. The van der Waals surface area contributed by atoms with Crippen LogP contribution in [0.15, 0.2) is 24.3 Å². The van der Waals surface area contributed by atoms with Crippen molar-refractivity contribution in [3.8, 4) is 0 Å². The molecule has 1 atom stereocenters. The largest absolute Gasteiger partial charge is 0.369 e. The topological polar surface area (TPSA) is 35.6 Å². The molecule has 0 bridgehead atoms. The number of anilines is 2. The molecule has 0 radical (unpaired) electrons. The number of amides is 1. The highest BCUT2D eigenvalue weighted by Crippen LogP contribution is 2.20. The Morgan fingerprint density at radius 3 is 2.57 bits per heavy atom. The lowest BCUT2D eigenvalue weighted by atomic mass is 10.0. The summed E-state index contributed by atoms with van der Waals surface area (Å²) < 4.78 is 0. The van der Waals surface area contributed by atoms with E-state index in [0.29, 0.717) is 18.6 Å². The molecule has 0 spiro atoms. The zero-order valence-corrected chi connectivity index (χ0v) is 15.0. The normalized spacial score (nSPS) is 18.9. The Morgan fingerprint density at radius 1 is 1.30 bits per heavy atom. The average Bonchev–Trinajstić information content (AvgIpc) is 2.51. The lowest BCUT2D eigenvalue weighted by molar-refractivity contribution is -0.118. The van der Waals surface area contributed by atoms with Gasteiger partial charge in [-0.1, -0.05) is 6.42 Å². The maximum absolute atomic E-state index is 12.2. The minimum atomic E-state index is 0.0858. The summed E-state index contributed by atoms with van der Waals surface area (Å²) in [6.45, 7) is 11.3. The summed E-state index contributed by atoms with van der Waals surface area (Å²) in [5, 5.41) is 3.02. The van der Waals surface area contributed by atoms with Gasteiger partial charge in [0.2, 0.25) is 5.91 Å². The molecule has 1 saturated heterocycles. The van der Waals surface area contributed by atoms with Gasteiger partial charge >= 0.3 is 0 Å². The quantitative estimate of drug-likeness (QED) is 0.868. The van der Waals surface area contributed by atoms with E-state index in [1.807, 2.05) is 12.1 Å². The minimum Gasteiger partial charge on any atom is -0.369 e. The third-order valence-corrected chi connectivity index (χ3v) is 4.73. The van der Waals surface area contributed by atoms with Gasteiger partial charge in [0.05, 0.1) is 6.54 Å². The van der Waals surface area contributed by atoms with E-state index in [9.17, 15) is 4.79 Å². The molecule has 0 aliphatic carbocycles. The summed E-state index contributed by atoms with van der Waals surface area (Å²) in [5.41, 5.74) is 2.08. The van der Waals surface area contributed by atoms with Crippen molar-refractivity contribution in [1.29, 1.82) is 0 Å². The summed E-state index contributed by atoms with van der Waals surface area (Å²) in [4.78, 5) is 16.9. The third-order valence-electron chi connectivity index (χ3n) is 4.73. The molecule has 1 N–H and O–H groups in total. The van der Waals surface area contributed by atoms with Crippen LogP contribution in [0.2, 0.25) is 0 Å². The SMILES string of the molecule is CCN(c1ccc(NC(=O)CN2CCCCC2C)cc1)C(C)C. The number of benzene rings is 1. The molecule has 2 rings (SSSR count). The highest BCUT2D eigenvalue weighted by atomic mass is 16.2. The number of hydrogen-bond acceptors (Lipinski definition) is 3. The number of nitrogens with one attached hydrogen (secondary N) is 1. The van der Waals surface area contributed by atoms with Gasteiger partial charge in [0.25, 0.3) is 0 Å². The van der Waals surface area contributed by atoms with Gasteiger partial charge in [-0.15, -0.1) is 0 Å². The van der Waals surface area contributed by atoms with Gasteiger partial charge in [-0.3, -0.25) is 9.69 Å². The summed E-state index contributed by atoms with van der Waals surface area (Å²) in [5.74, 6) is 0.0858. The fourth-order valence-corrected chi connectivity index (χ4v) is 3.36. The van der Waals surface area contributed by atoms with Gasteiger partial charge in [-0.25, -0.2) is 0 Å². The first-order chi connectivity index (χ1) is 11.0. The van der Waals surface area contributed by atoms with Crippen LogP contribution >= 0.6 is 0 Å². The van der Waals surface area contributed by atoms with Crippen LogP contribution in [0.3, 0.4) is 0 Å². The monoisotopic (exact) mass is 317 g/mol. The molecule has 1 heterocycles. The van der Waals surface area contributed by atoms with Crippen LogP contribution in [-0.2, 0) is 4.79 Å². The molecule has 1 aliphatic rings. The first-order valence-electron chi connectivity index (χ1n) is 8.92. The number of carbonyl (C=O) groups is 1. The van der Waals surface area contributed by atoms with E-state index in [1.54, 1.807) is 0 Å². The van der Waals surface area contributed by atoms with Gasteiger partial charge < -0.3 is 10.2 Å². The van der Waals surface area contributed by atoms with Crippen molar-refractivity contribution in [2.45, 2.75) is 59.0 Å². The molecular weight excluding hydrogens is 286 g/mol. The van der Waals surface area contributed by atoms with Crippen LogP contribution in [0.1, 0.15) is 47.0 Å². The van der Waals surface area contributed by atoms with E-state index in [4.69, 9.17) is 0 Å².